The van der Waals surface area contributed by atoms with Crippen LogP contribution in [0.4, 0.5) is 0 Å². The summed E-state index contributed by atoms with van der Waals surface area (Å²) in [5.74, 6) is -0.786. The van der Waals surface area contributed by atoms with Crippen molar-refractivity contribution >= 4 is 27.5 Å². The summed E-state index contributed by atoms with van der Waals surface area (Å²) in [4.78, 5) is 15.1. The molecule has 2 rings (SSSR count). The van der Waals surface area contributed by atoms with Gasteiger partial charge in [0.2, 0.25) is 0 Å². The van der Waals surface area contributed by atoms with Crippen molar-refractivity contribution in [1.29, 1.82) is 0 Å². The fourth-order valence-corrected chi connectivity index (χ4v) is 2.56. The van der Waals surface area contributed by atoms with Crippen LogP contribution in [0.3, 0.4) is 0 Å². The first kappa shape index (κ1) is 12.1. The number of carbonyl (C=O) groups is 1. The van der Waals surface area contributed by atoms with E-state index in [0.29, 0.717) is 6.42 Å². The summed E-state index contributed by atoms with van der Waals surface area (Å²) in [5, 5.41) is 8.75. The topological polar surface area (TPSA) is 54.6 Å². The number of rotatable bonds is 3. The molecule has 0 aromatic carbocycles. The Morgan fingerprint density at radius 1 is 1.53 bits per heavy atom. The van der Waals surface area contributed by atoms with Gasteiger partial charge in [-0.3, -0.25) is 4.79 Å². The molecule has 2 heterocycles. The molecule has 0 aliphatic carbocycles. The highest BCUT2D eigenvalue weighted by Gasteiger charge is 2.12. The van der Waals surface area contributed by atoms with Gasteiger partial charge in [0.15, 0.2) is 5.65 Å². The third-order valence-electron chi connectivity index (χ3n) is 2.69. The quantitative estimate of drug-likeness (QED) is 0.947. The number of hydrogen-bond donors (Lipinski definition) is 1. The predicted octanol–water partition coefficient (Wildman–Crippen LogP) is 2.73. The van der Waals surface area contributed by atoms with E-state index in [-0.39, 0.29) is 6.42 Å². The lowest BCUT2D eigenvalue weighted by Crippen LogP contribution is -2.01. The second-order valence-corrected chi connectivity index (χ2v) is 4.95. The van der Waals surface area contributed by atoms with Gasteiger partial charge in [0, 0.05) is 18.3 Å². The molecule has 0 unspecified atom stereocenters. The Morgan fingerprint density at radius 2 is 2.24 bits per heavy atom. The van der Waals surface area contributed by atoms with Gasteiger partial charge in [-0.15, -0.1) is 0 Å². The van der Waals surface area contributed by atoms with Gasteiger partial charge in [0.05, 0.1) is 16.6 Å². The lowest BCUT2D eigenvalue weighted by molar-refractivity contribution is -0.136. The van der Waals surface area contributed by atoms with E-state index in [2.05, 4.69) is 20.9 Å². The van der Waals surface area contributed by atoms with Gasteiger partial charge in [-0.1, -0.05) is 0 Å². The Labute approximate surface area is 107 Å². The number of aryl methyl sites for hydroxylation is 3. The third-order valence-corrected chi connectivity index (χ3v) is 3.27. The number of nitrogens with zero attached hydrogens (tertiary/aromatic N) is 2. The average molecular weight is 297 g/mol. The monoisotopic (exact) mass is 296 g/mol. The Morgan fingerprint density at radius 3 is 2.88 bits per heavy atom. The number of carboxylic acids is 1. The standard InChI is InChI=1S/C12H13BrN2O2/c1-7-5-9(13)12-14-8(2)10(15(12)6-7)3-4-11(16)17/h5-6H,3-4H2,1-2H3,(H,16,17). The van der Waals surface area contributed by atoms with Crippen molar-refractivity contribution in [2.45, 2.75) is 26.7 Å². The molecule has 0 aliphatic heterocycles. The van der Waals surface area contributed by atoms with Crippen LogP contribution in [-0.2, 0) is 11.2 Å². The van der Waals surface area contributed by atoms with Gasteiger partial charge in [0.25, 0.3) is 0 Å². The zero-order valence-electron chi connectivity index (χ0n) is 9.70. The van der Waals surface area contributed by atoms with Crippen LogP contribution >= 0.6 is 15.9 Å². The van der Waals surface area contributed by atoms with Crippen molar-refractivity contribution in [1.82, 2.24) is 9.38 Å². The van der Waals surface area contributed by atoms with Gasteiger partial charge < -0.3 is 9.51 Å². The van der Waals surface area contributed by atoms with Crippen molar-refractivity contribution in [3.05, 3.63) is 33.7 Å². The molecule has 0 saturated carbocycles. The molecule has 0 atom stereocenters. The molecule has 1 N–H and O–H groups in total. The lowest BCUT2D eigenvalue weighted by Gasteiger charge is -2.03. The third kappa shape index (κ3) is 2.34. The summed E-state index contributed by atoms with van der Waals surface area (Å²) in [5.41, 5.74) is 3.80. The van der Waals surface area contributed by atoms with E-state index in [4.69, 9.17) is 5.11 Å². The number of hydrogen-bond acceptors (Lipinski definition) is 2. The van der Waals surface area contributed by atoms with Crippen molar-refractivity contribution in [3.8, 4) is 0 Å². The summed E-state index contributed by atoms with van der Waals surface area (Å²) >= 11 is 3.48. The number of carboxylic acid groups (broad SMARTS) is 1. The van der Waals surface area contributed by atoms with E-state index in [0.717, 1.165) is 27.1 Å². The van der Waals surface area contributed by atoms with Crippen molar-refractivity contribution in [3.63, 3.8) is 0 Å². The Hall–Kier alpha value is -1.36. The maximum Gasteiger partial charge on any atom is 0.303 e. The molecule has 0 saturated heterocycles. The number of aromatic nitrogens is 2. The van der Waals surface area contributed by atoms with E-state index in [1.807, 2.05) is 30.5 Å². The summed E-state index contributed by atoms with van der Waals surface area (Å²) in [6, 6.07) is 2.00. The van der Waals surface area contributed by atoms with Gasteiger partial charge in [-0.25, -0.2) is 4.98 Å². The first-order valence-corrected chi connectivity index (χ1v) is 6.14. The van der Waals surface area contributed by atoms with Crippen LogP contribution < -0.4 is 0 Å². The molecule has 4 nitrogen and oxygen atoms in total. The van der Waals surface area contributed by atoms with E-state index in [1.54, 1.807) is 0 Å². The van der Waals surface area contributed by atoms with Crippen LogP contribution in [0.25, 0.3) is 5.65 Å². The summed E-state index contributed by atoms with van der Waals surface area (Å²) in [6.07, 6.45) is 2.61. The minimum Gasteiger partial charge on any atom is -0.481 e. The van der Waals surface area contributed by atoms with Crippen LogP contribution in [0.15, 0.2) is 16.7 Å². The smallest absolute Gasteiger partial charge is 0.303 e. The predicted molar refractivity (Wildman–Crippen MR) is 68.3 cm³/mol. The number of halogens is 1. The second-order valence-electron chi connectivity index (χ2n) is 4.10. The van der Waals surface area contributed by atoms with E-state index >= 15 is 0 Å². The fourth-order valence-electron chi connectivity index (χ4n) is 1.92. The molecule has 0 aliphatic rings. The molecule has 0 bridgehead atoms. The maximum atomic E-state index is 10.6. The summed E-state index contributed by atoms with van der Waals surface area (Å²) in [6.45, 7) is 3.91. The highest BCUT2D eigenvalue weighted by atomic mass is 79.9. The normalized spacial score (nSPS) is 11.0. The number of pyridine rings is 1. The minimum atomic E-state index is -0.786. The zero-order valence-corrected chi connectivity index (χ0v) is 11.3. The molecular weight excluding hydrogens is 284 g/mol. The largest absolute Gasteiger partial charge is 0.481 e. The van der Waals surface area contributed by atoms with Crippen LogP contribution in [-0.4, -0.2) is 20.5 Å². The molecule has 90 valence electrons. The Balaban J connectivity index is 2.54. The number of aliphatic carboxylic acids is 1. The maximum absolute atomic E-state index is 10.6. The highest BCUT2D eigenvalue weighted by Crippen LogP contribution is 2.22. The first-order valence-electron chi connectivity index (χ1n) is 5.34. The van der Waals surface area contributed by atoms with Crippen molar-refractivity contribution in [2.24, 2.45) is 0 Å². The second kappa shape index (κ2) is 4.49. The molecule has 0 fully saturated rings. The fraction of sp³-hybridized carbons (Fsp3) is 0.333. The van der Waals surface area contributed by atoms with E-state index in [9.17, 15) is 4.79 Å². The summed E-state index contributed by atoms with van der Waals surface area (Å²) in [7, 11) is 0. The van der Waals surface area contributed by atoms with Gasteiger partial charge >= 0.3 is 5.97 Å². The SMILES string of the molecule is Cc1cc(Br)c2nc(C)c(CCC(=O)O)n2c1. The number of imidazole rings is 1. The molecule has 0 spiro atoms. The lowest BCUT2D eigenvalue weighted by atomic mass is 10.2. The van der Waals surface area contributed by atoms with Crippen LogP contribution in [0, 0.1) is 13.8 Å². The molecule has 5 heteroatoms. The molecule has 2 aromatic heterocycles. The number of fused-ring (bicyclic) bond motifs is 1. The zero-order chi connectivity index (χ0) is 12.6. The summed E-state index contributed by atoms with van der Waals surface area (Å²) < 4.78 is 2.90. The van der Waals surface area contributed by atoms with E-state index in [1.165, 1.54) is 0 Å². The Kier molecular flexibility index (Phi) is 3.19. The molecule has 2 aromatic rings. The van der Waals surface area contributed by atoms with Crippen molar-refractivity contribution in [2.75, 3.05) is 0 Å². The molecule has 17 heavy (non-hydrogen) atoms. The molecule has 0 amide bonds. The van der Waals surface area contributed by atoms with Gasteiger partial charge in [-0.2, -0.15) is 0 Å². The molecular formula is C12H13BrN2O2. The first-order chi connectivity index (χ1) is 7.99. The van der Waals surface area contributed by atoms with Crippen LogP contribution in [0.5, 0.6) is 0 Å². The highest BCUT2D eigenvalue weighted by molar-refractivity contribution is 9.10. The molecule has 0 radical (unpaired) electrons. The average Bonchev–Trinajstić information content (AvgIpc) is 2.52. The minimum absolute atomic E-state index is 0.125. The van der Waals surface area contributed by atoms with Crippen LogP contribution in [0.2, 0.25) is 0 Å². The van der Waals surface area contributed by atoms with Crippen molar-refractivity contribution < 1.29 is 9.90 Å². The van der Waals surface area contributed by atoms with Gasteiger partial charge in [-0.05, 0) is 41.4 Å². The van der Waals surface area contributed by atoms with Gasteiger partial charge in [0.1, 0.15) is 0 Å². The van der Waals surface area contributed by atoms with E-state index < -0.39 is 5.97 Å². The van der Waals surface area contributed by atoms with Crippen LogP contribution in [0.1, 0.15) is 23.4 Å². The Bertz CT molecular complexity index is 590.